The van der Waals surface area contributed by atoms with E-state index in [1.165, 1.54) is 0 Å². The summed E-state index contributed by atoms with van der Waals surface area (Å²) in [5, 5.41) is 2.70. The maximum Gasteiger partial charge on any atom is 0.407 e. The summed E-state index contributed by atoms with van der Waals surface area (Å²) in [7, 11) is 0. The van der Waals surface area contributed by atoms with E-state index in [-0.39, 0.29) is 11.7 Å². The molecule has 2 unspecified atom stereocenters. The van der Waals surface area contributed by atoms with E-state index in [1.807, 2.05) is 20.8 Å². The van der Waals surface area contributed by atoms with Crippen LogP contribution in [0.5, 0.6) is 0 Å². The van der Waals surface area contributed by atoms with Crippen molar-refractivity contribution in [3.05, 3.63) is 0 Å². The van der Waals surface area contributed by atoms with Crippen LogP contribution in [0.3, 0.4) is 0 Å². The van der Waals surface area contributed by atoms with Crippen molar-refractivity contribution in [2.75, 3.05) is 26.4 Å². The molecule has 1 rings (SSSR count). The largest absolute Gasteiger partial charge is 0.444 e. The molecule has 1 heterocycles. The van der Waals surface area contributed by atoms with Gasteiger partial charge >= 0.3 is 6.09 Å². The summed E-state index contributed by atoms with van der Waals surface area (Å²) in [6.07, 6.45) is 0.388. The van der Waals surface area contributed by atoms with Gasteiger partial charge < -0.3 is 19.5 Å². The van der Waals surface area contributed by atoms with Crippen molar-refractivity contribution in [3.8, 4) is 0 Å². The molecule has 5 heteroatoms. The third kappa shape index (κ3) is 5.78. The average molecular weight is 273 g/mol. The van der Waals surface area contributed by atoms with Crippen molar-refractivity contribution in [1.82, 2.24) is 5.32 Å². The fourth-order valence-corrected chi connectivity index (χ4v) is 1.67. The Balaban J connectivity index is 1.98. The van der Waals surface area contributed by atoms with Crippen LogP contribution in [-0.4, -0.2) is 43.7 Å². The van der Waals surface area contributed by atoms with Crippen LogP contribution in [0.4, 0.5) is 4.79 Å². The monoisotopic (exact) mass is 273 g/mol. The molecule has 19 heavy (non-hydrogen) atoms. The topological polar surface area (TPSA) is 56.8 Å². The highest BCUT2D eigenvalue weighted by Crippen LogP contribution is 2.32. The molecule has 1 saturated heterocycles. The minimum absolute atomic E-state index is 0.126. The van der Waals surface area contributed by atoms with Gasteiger partial charge in [-0.3, -0.25) is 0 Å². The Bertz CT molecular complexity index is 300. The first-order valence-electron chi connectivity index (χ1n) is 6.91. The first kappa shape index (κ1) is 16.2. The predicted molar refractivity (Wildman–Crippen MR) is 73.2 cm³/mol. The van der Waals surface area contributed by atoms with Crippen LogP contribution in [0, 0.1) is 5.92 Å². The van der Waals surface area contributed by atoms with Crippen LogP contribution in [0.25, 0.3) is 0 Å². The molecule has 0 aromatic carbocycles. The van der Waals surface area contributed by atoms with Crippen molar-refractivity contribution in [2.45, 2.75) is 52.2 Å². The molecule has 2 atom stereocenters. The van der Waals surface area contributed by atoms with E-state index in [4.69, 9.17) is 14.2 Å². The van der Waals surface area contributed by atoms with Gasteiger partial charge in [-0.2, -0.15) is 0 Å². The van der Waals surface area contributed by atoms with Gasteiger partial charge in [-0.25, -0.2) is 4.79 Å². The van der Waals surface area contributed by atoms with Gasteiger partial charge in [0.2, 0.25) is 0 Å². The summed E-state index contributed by atoms with van der Waals surface area (Å²) in [6, 6.07) is 0. The smallest absolute Gasteiger partial charge is 0.407 e. The quantitative estimate of drug-likeness (QED) is 0.755. The zero-order valence-corrected chi connectivity index (χ0v) is 12.7. The predicted octanol–water partition coefficient (Wildman–Crippen LogP) is 2.34. The molecule has 0 aliphatic carbocycles. The molecule has 0 aromatic heterocycles. The number of rotatable bonds is 6. The van der Waals surface area contributed by atoms with E-state index in [9.17, 15) is 4.79 Å². The van der Waals surface area contributed by atoms with Gasteiger partial charge in [-0.15, -0.1) is 0 Å². The van der Waals surface area contributed by atoms with Crippen molar-refractivity contribution in [1.29, 1.82) is 0 Å². The molecular formula is C14H27NO4. The maximum atomic E-state index is 11.4. The summed E-state index contributed by atoms with van der Waals surface area (Å²) >= 11 is 0. The number of carbonyl (C=O) groups excluding carboxylic acids is 1. The summed E-state index contributed by atoms with van der Waals surface area (Å²) < 4.78 is 16.2. The number of hydrogen-bond donors (Lipinski definition) is 1. The molecule has 1 amide bonds. The molecule has 0 aromatic rings. The zero-order valence-electron chi connectivity index (χ0n) is 12.7. The standard InChI is InChI=1S/C14H27NO4/c1-11-9-18-14(11,5)10-17-8-6-7-15-12(16)19-13(2,3)4/h11H,6-10H2,1-5H3,(H,15,16). The van der Waals surface area contributed by atoms with E-state index in [0.717, 1.165) is 13.0 Å². The molecule has 1 aliphatic rings. The Morgan fingerprint density at radius 2 is 2.16 bits per heavy atom. The van der Waals surface area contributed by atoms with Gasteiger partial charge in [0.1, 0.15) is 5.60 Å². The van der Waals surface area contributed by atoms with Gasteiger partial charge in [-0.05, 0) is 34.1 Å². The number of carbonyl (C=O) groups is 1. The van der Waals surface area contributed by atoms with Crippen LogP contribution in [-0.2, 0) is 14.2 Å². The number of amides is 1. The summed E-state index contributed by atoms with van der Waals surface area (Å²) in [6.45, 7) is 12.4. The molecule has 0 saturated carbocycles. The lowest BCUT2D eigenvalue weighted by atomic mass is 9.87. The number of nitrogens with one attached hydrogen (secondary N) is 1. The molecule has 0 radical (unpaired) electrons. The Morgan fingerprint density at radius 3 is 2.63 bits per heavy atom. The number of ether oxygens (including phenoxy) is 3. The van der Waals surface area contributed by atoms with Crippen LogP contribution >= 0.6 is 0 Å². The highest BCUT2D eigenvalue weighted by Gasteiger charge is 2.41. The van der Waals surface area contributed by atoms with Gasteiger partial charge in [-0.1, -0.05) is 6.92 Å². The lowest BCUT2D eigenvalue weighted by Crippen LogP contribution is -2.53. The van der Waals surface area contributed by atoms with E-state index >= 15 is 0 Å². The molecule has 5 nitrogen and oxygen atoms in total. The minimum Gasteiger partial charge on any atom is -0.444 e. The fourth-order valence-electron chi connectivity index (χ4n) is 1.67. The Kier molecular flexibility index (Phi) is 5.62. The van der Waals surface area contributed by atoms with E-state index in [2.05, 4.69) is 19.2 Å². The number of alkyl carbamates (subject to hydrolysis) is 1. The zero-order chi connectivity index (χ0) is 14.5. The van der Waals surface area contributed by atoms with Crippen LogP contribution in [0.2, 0.25) is 0 Å². The van der Waals surface area contributed by atoms with Gasteiger partial charge in [0.15, 0.2) is 0 Å². The Labute approximate surface area is 116 Å². The second-order valence-corrected chi connectivity index (χ2v) is 6.36. The fraction of sp³-hybridized carbons (Fsp3) is 0.929. The second-order valence-electron chi connectivity index (χ2n) is 6.36. The number of hydrogen-bond acceptors (Lipinski definition) is 4. The lowest BCUT2D eigenvalue weighted by molar-refractivity contribution is -0.213. The van der Waals surface area contributed by atoms with E-state index in [0.29, 0.717) is 25.7 Å². The van der Waals surface area contributed by atoms with E-state index in [1.54, 1.807) is 0 Å². The van der Waals surface area contributed by atoms with Gasteiger partial charge in [0, 0.05) is 19.1 Å². The Morgan fingerprint density at radius 1 is 1.47 bits per heavy atom. The SMILES string of the molecule is CC1COC1(C)COCCCNC(=O)OC(C)(C)C. The highest BCUT2D eigenvalue weighted by atomic mass is 16.6. The molecule has 1 fully saturated rings. The first-order chi connectivity index (χ1) is 8.73. The van der Waals surface area contributed by atoms with Gasteiger partial charge in [0.25, 0.3) is 0 Å². The third-order valence-electron chi connectivity index (χ3n) is 3.23. The van der Waals surface area contributed by atoms with Crippen LogP contribution < -0.4 is 5.32 Å². The van der Waals surface area contributed by atoms with Crippen molar-refractivity contribution in [3.63, 3.8) is 0 Å². The molecule has 1 aliphatic heterocycles. The third-order valence-corrected chi connectivity index (χ3v) is 3.23. The Hall–Kier alpha value is -0.810. The van der Waals surface area contributed by atoms with Crippen molar-refractivity contribution < 1.29 is 19.0 Å². The van der Waals surface area contributed by atoms with E-state index < -0.39 is 5.60 Å². The normalized spacial score (nSPS) is 26.7. The minimum atomic E-state index is -0.452. The molecular weight excluding hydrogens is 246 g/mol. The van der Waals surface area contributed by atoms with Gasteiger partial charge in [0.05, 0.1) is 18.8 Å². The second kappa shape index (κ2) is 6.57. The van der Waals surface area contributed by atoms with Crippen molar-refractivity contribution in [2.24, 2.45) is 5.92 Å². The average Bonchev–Trinajstić information content (AvgIpc) is 2.29. The van der Waals surface area contributed by atoms with Crippen LogP contribution in [0.1, 0.15) is 41.0 Å². The van der Waals surface area contributed by atoms with Crippen LogP contribution in [0.15, 0.2) is 0 Å². The molecule has 0 bridgehead atoms. The first-order valence-corrected chi connectivity index (χ1v) is 6.91. The molecule has 0 spiro atoms. The maximum absolute atomic E-state index is 11.4. The van der Waals surface area contributed by atoms with Crippen molar-refractivity contribution >= 4 is 6.09 Å². The lowest BCUT2D eigenvalue weighted by Gasteiger charge is -2.44. The summed E-state index contributed by atoms with van der Waals surface area (Å²) in [4.78, 5) is 11.4. The summed E-state index contributed by atoms with van der Waals surface area (Å²) in [5.74, 6) is 0.549. The highest BCUT2D eigenvalue weighted by molar-refractivity contribution is 5.67. The summed E-state index contributed by atoms with van der Waals surface area (Å²) in [5.41, 5.74) is -0.578. The molecule has 1 N–H and O–H groups in total. The molecule has 112 valence electrons.